The predicted molar refractivity (Wildman–Crippen MR) is 94.8 cm³/mol. The van der Waals surface area contributed by atoms with Crippen LogP contribution in [0.25, 0.3) is 10.9 Å². The van der Waals surface area contributed by atoms with E-state index in [0.717, 1.165) is 22.2 Å². The molecular weight excluding hydrogens is 302 g/mol. The number of primary amides is 1. The van der Waals surface area contributed by atoms with Gasteiger partial charge in [0.2, 0.25) is 5.91 Å². The number of carbonyl (C=O) groups excluding carboxylic acids is 2. The van der Waals surface area contributed by atoms with Crippen molar-refractivity contribution in [3.63, 3.8) is 0 Å². The fraction of sp³-hybridized carbons (Fsp3) is 0.105. The number of fused-ring (bicyclic) bond motifs is 1. The minimum absolute atomic E-state index is 0.0278. The summed E-state index contributed by atoms with van der Waals surface area (Å²) in [6.07, 6.45) is 3.62. The van der Waals surface area contributed by atoms with E-state index < -0.39 is 0 Å². The van der Waals surface area contributed by atoms with E-state index in [1.165, 1.54) is 6.92 Å². The summed E-state index contributed by atoms with van der Waals surface area (Å²) in [4.78, 5) is 27.0. The maximum absolute atomic E-state index is 11.3. The van der Waals surface area contributed by atoms with E-state index in [0.29, 0.717) is 5.56 Å². The number of aliphatic imine (C=N–C) groups is 1. The fourth-order valence-electron chi connectivity index (χ4n) is 2.60. The molecular formula is C19H17N3O2. The van der Waals surface area contributed by atoms with Gasteiger partial charge in [-0.1, -0.05) is 18.2 Å². The third kappa shape index (κ3) is 3.25. The largest absolute Gasteiger partial charge is 0.368 e. The Labute approximate surface area is 139 Å². The molecule has 0 radical (unpaired) electrons. The van der Waals surface area contributed by atoms with Crippen LogP contribution in [-0.2, 0) is 11.3 Å². The Hall–Kier alpha value is -3.21. The van der Waals surface area contributed by atoms with E-state index in [-0.39, 0.29) is 18.2 Å². The molecule has 3 aromatic rings. The molecule has 0 fully saturated rings. The number of amides is 1. The van der Waals surface area contributed by atoms with E-state index in [9.17, 15) is 9.59 Å². The van der Waals surface area contributed by atoms with Gasteiger partial charge < -0.3 is 10.3 Å². The van der Waals surface area contributed by atoms with Crippen molar-refractivity contribution in [3.05, 3.63) is 65.9 Å². The number of hydrogen-bond donors (Lipinski definition) is 1. The van der Waals surface area contributed by atoms with E-state index in [2.05, 4.69) is 4.99 Å². The smallest absolute Gasteiger partial charge is 0.237 e. The highest BCUT2D eigenvalue weighted by atomic mass is 16.1. The van der Waals surface area contributed by atoms with E-state index in [4.69, 9.17) is 5.73 Å². The normalized spacial score (nSPS) is 11.2. The number of hydrogen-bond acceptors (Lipinski definition) is 3. The van der Waals surface area contributed by atoms with Crippen LogP contribution >= 0.6 is 0 Å². The molecule has 3 rings (SSSR count). The van der Waals surface area contributed by atoms with Crippen molar-refractivity contribution >= 4 is 34.5 Å². The first kappa shape index (κ1) is 15.7. The molecule has 0 spiro atoms. The SMILES string of the molecule is CC(=O)c1ccc(N=Cc2cn(CC(N)=O)c3ccccc23)cc1. The molecule has 5 nitrogen and oxygen atoms in total. The van der Waals surface area contributed by atoms with Crippen molar-refractivity contribution < 1.29 is 9.59 Å². The molecule has 0 saturated heterocycles. The van der Waals surface area contributed by atoms with Gasteiger partial charge in [-0.3, -0.25) is 14.6 Å². The first-order valence-electron chi connectivity index (χ1n) is 7.56. The summed E-state index contributed by atoms with van der Waals surface area (Å²) in [6.45, 7) is 1.66. The van der Waals surface area contributed by atoms with Gasteiger partial charge in [-0.15, -0.1) is 0 Å². The molecule has 1 heterocycles. The Balaban J connectivity index is 1.94. The second-order valence-electron chi connectivity index (χ2n) is 5.56. The molecule has 0 aliphatic heterocycles. The highest BCUT2D eigenvalue weighted by Crippen LogP contribution is 2.21. The Bertz CT molecular complexity index is 937. The minimum atomic E-state index is -0.390. The molecule has 1 amide bonds. The number of nitrogens with two attached hydrogens (primary N) is 1. The molecule has 0 atom stereocenters. The number of benzene rings is 2. The molecule has 24 heavy (non-hydrogen) atoms. The average Bonchev–Trinajstić information content (AvgIpc) is 2.91. The molecule has 0 aliphatic rings. The molecule has 0 bridgehead atoms. The first-order valence-corrected chi connectivity index (χ1v) is 7.56. The summed E-state index contributed by atoms with van der Waals surface area (Å²) in [5.74, 6) is -0.362. The third-order valence-electron chi connectivity index (χ3n) is 3.77. The molecule has 120 valence electrons. The van der Waals surface area contributed by atoms with Gasteiger partial charge in [0, 0.05) is 34.4 Å². The maximum atomic E-state index is 11.3. The van der Waals surface area contributed by atoms with Gasteiger partial charge in [-0.05, 0) is 37.3 Å². The van der Waals surface area contributed by atoms with Crippen LogP contribution in [-0.4, -0.2) is 22.5 Å². The van der Waals surface area contributed by atoms with Gasteiger partial charge >= 0.3 is 0 Å². The molecule has 2 aromatic carbocycles. The van der Waals surface area contributed by atoms with Crippen molar-refractivity contribution in [1.82, 2.24) is 4.57 Å². The zero-order valence-electron chi connectivity index (χ0n) is 13.3. The van der Waals surface area contributed by atoms with Crippen molar-refractivity contribution in [3.8, 4) is 0 Å². The van der Waals surface area contributed by atoms with Gasteiger partial charge in [-0.25, -0.2) is 0 Å². The molecule has 0 aliphatic carbocycles. The van der Waals surface area contributed by atoms with Gasteiger partial charge in [-0.2, -0.15) is 0 Å². The highest BCUT2D eigenvalue weighted by Gasteiger charge is 2.08. The molecule has 2 N–H and O–H groups in total. The number of Topliss-reactive ketones (excluding diaryl/α,β-unsaturated/α-hetero) is 1. The number of aromatic nitrogens is 1. The van der Waals surface area contributed by atoms with Gasteiger partial charge in [0.15, 0.2) is 5.78 Å². The average molecular weight is 319 g/mol. The molecule has 5 heteroatoms. The van der Waals surface area contributed by atoms with Gasteiger partial charge in [0.1, 0.15) is 6.54 Å². The van der Waals surface area contributed by atoms with Crippen molar-refractivity contribution in [2.45, 2.75) is 13.5 Å². The Kier molecular flexibility index (Phi) is 4.24. The van der Waals surface area contributed by atoms with Gasteiger partial charge in [0.05, 0.1) is 5.69 Å². The van der Waals surface area contributed by atoms with Crippen LogP contribution < -0.4 is 5.73 Å². The molecule has 0 unspecified atom stereocenters. The Morgan fingerprint density at radius 3 is 2.50 bits per heavy atom. The lowest BCUT2D eigenvalue weighted by molar-refractivity contribution is -0.118. The molecule has 0 saturated carbocycles. The first-order chi connectivity index (χ1) is 11.5. The second kappa shape index (κ2) is 6.50. The zero-order valence-corrected chi connectivity index (χ0v) is 13.3. The molecule has 1 aromatic heterocycles. The summed E-state index contributed by atoms with van der Waals surface area (Å²) in [5, 5.41) is 1.00. The van der Waals surface area contributed by atoms with Crippen LogP contribution in [0.5, 0.6) is 0 Å². The Morgan fingerprint density at radius 2 is 1.83 bits per heavy atom. The number of nitrogens with zero attached hydrogens (tertiary/aromatic N) is 2. The van der Waals surface area contributed by atoms with Crippen molar-refractivity contribution in [1.29, 1.82) is 0 Å². The van der Waals surface area contributed by atoms with Crippen LogP contribution in [0.4, 0.5) is 5.69 Å². The second-order valence-corrected chi connectivity index (χ2v) is 5.56. The van der Waals surface area contributed by atoms with E-state index in [1.54, 1.807) is 30.5 Å². The number of rotatable bonds is 5. The van der Waals surface area contributed by atoms with Crippen molar-refractivity contribution in [2.75, 3.05) is 0 Å². The van der Waals surface area contributed by atoms with Gasteiger partial charge in [0.25, 0.3) is 0 Å². The van der Waals surface area contributed by atoms with Crippen LogP contribution in [0.1, 0.15) is 22.8 Å². The lowest BCUT2D eigenvalue weighted by Crippen LogP contribution is -2.17. The standard InChI is InChI=1S/C19H17N3O2/c1-13(23)14-6-8-16(9-7-14)21-10-15-11-22(12-19(20)24)18-5-3-2-4-17(15)18/h2-11H,12H2,1H3,(H2,20,24). The summed E-state index contributed by atoms with van der Waals surface area (Å²) >= 11 is 0. The predicted octanol–water partition coefficient (Wildman–Crippen LogP) is 3.08. The van der Waals surface area contributed by atoms with E-state index >= 15 is 0 Å². The maximum Gasteiger partial charge on any atom is 0.237 e. The zero-order chi connectivity index (χ0) is 17.1. The third-order valence-corrected chi connectivity index (χ3v) is 3.77. The number of ketones is 1. The number of carbonyl (C=O) groups is 2. The van der Waals surface area contributed by atoms with E-state index in [1.807, 2.05) is 35.0 Å². The lowest BCUT2D eigenvalue weighted by atomic mass is 10.1. The summed E-state index contributed by atoms with van der Waals surface area (Å²) in [6, 6.07) is 14.9. The summed E-state index contributed by atoms with van der Waals surface area (Å²) < 4.78 is 1.82. The Morgan fingerprint density at radius 1 is 1.12 bits per heavy atom. The van der Waals surface area contributed by atoms with Crippen LogP contribution in [0.2, 0.25) is 0 Å². The monoisotopic (exact) mass is 319 g/mol. The topological polar surface area (TPSA) is 77.4 Å². The fourth-order valence-corrected chi connectivity index (χ4v) is 2.60. The minimum Gasteiger partial charge on any atom is -0.368 e. The van der Waals surface area contributed by atoms with Crippen LogP contribution in [0.3, 0.4) is 0 Å². The lowest BCUT2D eigenvalue weighted by Gasteiger charge is -2.00. The van der Waals surface area contributed by atoms with Crippen molar-refractivity contribution in [2.24, 2.45) is 10.7 Å². The highest BCUT2D eigenvalue weighted by molar-refractivity contribution is 6.00. The van der Waals surface area contributed by atoms with Crippen LogP contribution in [0, 0.1) is 0 Å². The van der Waals surface area contributed by atoms with Crippen LogP contribution in [0.15, 0.2) is 59.7 Å². The number of para-hydroxylation sites is 1. The summed E-state index contributed by atoms with van der Waals surface area (Å²) in [5.41, 5.74) is 8.56. The summed E-state index contributed by atoms with van der Waals surface area (Å²) in [7, 11) is 0. The quantitative estimate of drug-likeness (QED) is 0.579.